The van der Waals surface area contributed by atoms with Crippen molar-refractivity contribution in [1.82, 2.24) is 14.6 Å². The molecule has 148 valence electrons. The van der Waals surface area contributed by atoms with Crippen LogP contribution in [-0.2, 0) is 6.18 Å². The SMILES string of the molecule is Cc1[nH]n2c(=O)cc(-c3ccc(F)cc3F)nc2c1-c1ccc(C(F)(F)F)cc1. The van der Waals surface area contributed by atoms with Crippen molar-refractivity contribution in [1.29, 1.82) is 0 Å². The first-order valence-electron chi connectivity index (χ1n) is 8.40. The molecule has 0 saturated carbocycles. The number of aromatic nitrogens is 3. The summed E-state index contributed by atoms with van der Waals surface area (Å²) in [4.78, 5) is 16.8. The minimum absolute atomic E-state index is 0.0142. The molecule has 0 aliphatic heterocycles. The molecule has 2 aromatic heterocycles. The van der Waals surface area contributed by atoms with E-state index in [1.807, 2.05) is 0 Å². The molecule has 0 bridgehead atoms. The number of benzene rings is 2. The minimum Gasteiger partial charge on any atom is -0.293 e. The van der Waals surface area contributed by atoms with E-state index in [1.165, 1.54) is 18.2 Å². The standard InChI is InChI=1S/C20H12F5N3O/c1-10-18(11-2-4-12(5-3-11)20(23,24)25)19-26-16(9-17(29)28(19)27-10)14-7-6-13(21)8-15(14)22/h2-9,27H,1H3. The molecule has 2 aromatic carbocycles. The fourth-order valence-electron chi connectivity index (χ4n) is 3.16. The number of aromatic amines is 1. The molecule has 0 unspecified atom stereocenters. The van der Waals surface area contributed by atoms with Crippen molar-refractivity contribution in [3.63, 3.8) is 0 Å². The fourth-order valence-corrected chi connectivity index (χ4v) is 3.16. The second-order valence-corrected chi connectivity index (χ2v) is 6.45. The summed E-state index contributed by atoms with van der Waals surface area (Å²) in [5, 5.41) is 2.81. The summed E-state index contributed by atoms with van der Waals surface area (Å²) in [6.45, 7) is 1.64. The van der Waals surface area contributed by atoms with Gasteiger partial charge in [-0.1, -0.05) is 12.1 Å². The number of alkyl halides is 3. The maximum atomic E-state index is 14.1. The van der Waals surface area contributed by atoms with Crippen LogP contribution in [0, 0.1) is 18.6 Å². The third-order valence-electron chi connectivity index (χ3n) is 4.50. The van der Waals surface area contributed by atoms with Gasteiger partial charge in [-0.25, -0.2) is 18.3 Å². The van der Waals surface area contributed by atoms with Crippen molar-refractivity contribution in [2.75, 3.05) is 0 Å². The van der Waals surface area contributed by atoms with Gasteiger partial charge in [-0.15, -0.1) is 0 Å². The van der Waals surface area contributed by atoms with Gasteiger partial charge in [0.25, 0.3) is 5.56 Å². The van der Waals surface area contributed by atoms with E-state index in [0.717, 1.165) is 28.8 Å². The molecule has 0 atom stereocenters. The van der Waals surface area contributed by atoms with Crippen LogP contribution in [0.3, 0.4) is 0 Å². The molecule has 0 aliphatic carbocycles. The second kappa shape index (κ2) is 6.54. The van der Waals surface area contributed by atoms with Gasteiger partial charge in [0.2, 0.25) is 0 Å². The zero-order valence-corrected chi connectivity index (χ0v) is 14.8. The average Bonchev–Trinajstić information content (AvgIpc) is 2.97. The third kappa shape index (κ3) is 3.28. The van der Waals surface area contributed by atoms with Gasteiger partial charge in [0.05, 0.1) is 11.3 Å². The van der Waals surface area contributed by atoms with E-state index in [4.69, 9.17) is 0 Å². The monoisotopic (exact) mass is 405 g/mol. The van der Waals surface area contributed by atoms with Crippen LogP contribution in [0.4, 0.5) is 22.0 Å². The van der Waals surface area contributed by atoms with Crippen LogP contribution < -0.4 is 5.56 Å². The van der Waals surface area contributed by atoms with Gasteiger partial charge >= 0.3 is 6.18 Å². The molecule has 0 radical (unpaired) electrons. The number of hydrogen-bond acceptors (Lipinski definition) is 2. The summed E-state index contributed by atoms with van der Waals surface area (Å²) in [7, 11) is 0. The van der Waals surface area contributed by atoms with Crippen molar-refractivity contribution in [3.8, 4) is 22.4 Å². The summed E-state index contributed by atoms with van der Waals surface area (Å²) in [5.41, 5.74) is -0.0199. The lowest BCUT2D eigenvalue weighted by Gasteiger charge is -2.08. The van der Waals surface area contributed by atoms with E-state index in [-0.39, 0.29) is 16.9 Å². The third-order valence-corrected chi connectivity index (χ3v) is 4.50. The van der Waals surface area contributed by atoms with Gasteiger partial charge < -0.3 is 0 Å². The van der Waals surface area contributed by atoms with Crippen molar-refractivity contribution in [2.45, 2.75) is 13.1 Å². The van der Waals surface area contributed by atoms with Crippen LogP contribution >= 0.6 is 0 Å². The number of fused-ring (bicyclic) bond motifs is 1. The number of halogens is 5. The molecule has 0 amide bonds. The quantitative estimate of drug-likeness (QED) is 0.479. The maximum absolute atomic E-state index is 14.1. The first kappa shape index (κ1) is 18.9. The molecule has 0 saturated heterocycles. The Bertz CT molecular complexity index is 1290. The number of aryl methyl sites for hydroxylation is 1. The molecule has 4 nitrogen and oxygen atoms in total. The highest BCUT2D eigenvalue weighted by Crippen LogP contribution is 2.33. The fraction of sp³-hybridized carbons (Fsp3) is 0.100. The van der Waals surface area contributed by atoms with E-state index in [1.54, 1.807) is 6.92 Å². The van der Waals surface area contributed by atoms with Gasteiger partial charge in [0.1, 0.15) is 11.6 Å². The van der Waals surface area contributed by atoms with E-state index < -0.39 is 28.9 Å². The Kier molecular flexibility index (Phi) is 4.25. The Morgan fingerprint density at radius 1 is 1.00 bits per heavy atom. The first-order chi connectivity index (χ1) is 13.6. The van der Waals surface area contributed by atoms with Crippen molar-refractivity contribution in [3.05, 3.63) is 81.8 Å². The molecular formula is C20H12F5N3O. The van der Waals surface area contributed by atoms with E-state index in [2.05, 4.69) is 10.1 Å². The average molecular weight is 405 g/mol. The van der Waals surface area contributed by atoms with Gasteiger partial charge in [-0.2, -0.15) is 13.2 Å². The Morgan fingerprint density at radius 2 is 1.69 bits per heavy atom. The Hall–Kier alpha value is -3.49. The van der Waals surface area contributed by atoms with Crippen LogP contribution in [0.2, 0.25) is 0 Å². The second-order valence-electron chi connectivity index (χ2n) is 6.45. The van der Waals surface area contributed by atoms with Crippen LogP contribution in [-0.4, -0.2) is 14.6 Å². The van der Waals surface area contributed by atoms with Gasteiger partial charge in [0, 0.05) is 29.0 Å². The number of nitrogens with zero attached hydrogens (tertiary/aromatic N) is 2. The summed E-state index contributed by atoms with van der Waals surface area (Å²) >= 11 is 0. The van der Waals surface area contributed by atoms with Crippen molar-refractivity contribution in [2.24, 2.45) is 0 Å². The molecule has 4 aromatic rings. The highest BCUT2D eigenvalue weighted by atomic mass is 19.4. The molecule has 1 N–H and O–H groups in total. The van der Waals surface area contributed by atoms with Crippen LogP contribution in [0.25, 0.3) is 28.0 Å². The smallest absolute Gasteiger partial charge is 0.293 e. The molecule has 29 heavy (non-hydrogen) atoms. The topological polar surface area (TPSA) is 50.2 Å². The minimum atomic E-state index is -4.48. The number of nitrogens with one attached hydrogen (secondary N) is 1. The molecular weight excluding hydrogens is 393 g/mol. The van der Waals surface area contributed by atoms with Crippen LogP contribution in [0.1, 0.15) is 11.3 Å². The van der Waals surface area contributed by atoms with Crippen molar-refractivity contribution < 1.29 is 22.0 Å². The molecule has 0 aliphatic rings. The van der Waals surface area contributed by atoms with Gasteiger partial charge in [0.15, 0.2) is 5.65 Å². The largest absolute Gasteiger partial charge is 0.416 e. The van der Waals surface area contributed by atoms with Crippen LogP contribution in [0.5, 0.6) is 0 Å². The summed E-state index contributed by atoms with van der Waals surface area (Å²) < 4.78 is 66.9. The van der Waals surface area contributed by atoms with Gasteiger partial charge in [-0.05, 0) is 36.8 Å². The van der Waals surface area contributed by atoms with Crippen LogP contribution in [0.15, 0.2) is 53.3 Å². The first-order valence-corrected chi connectivity index (χ1v) is 8.40. The van der Waals surface area contributed by atoms with E-state index in [9.17, 15) is 26.7 Å². The van der Waals surface area contributed by atoms with Gasteiger partial charge in [-0.3, -0.25) is 9.89 Å². The number of H-pyrrole nitrogens is 1. The molecule has 9 heteroatoms. The Labute approximate surface area is 160 Å². The highest BCUT2D eigenvalue weighted by Gasteiger charge is 2.30. The van der Waals surface area contributed by atoms with E-state index in [0.29, 0.717) is 22.9 Å². The van der Waals surface area contributed by atoms with Crippen molar-refractivity contribution >= 4 is 5.65 Å². The summed E-state index contributed by atoms with van der Waals surface area (Å²) in [6.07, 6.45) is -4.48. The Morgan fingerprint density at radius 3 is 2.31 bits per heavy atom. The lowest BCUT2D eigenvalue weighted by Crippen LogP contribution is -2.14. The lowest BCUT2D eigenvalue weighted by molar-refractivity contribution is -0.137. The zero-order chi connectivity index (χ0) is 20.9. The normalized spacial score (nSPS) is 11.9. The lowest BCUT2D eigenvalue weighted by atomic mass is 10.0. The molecule has 4 rings (SSSR count). The predicted octanol–water partition coefficient (Wildman–Crippen LogP) is 4.96. The molecule has 0 spiro atoms. The molecule has 2 heterocycles. The number of rotatable bonds is 2. The summed E-state index contributed by atoms with van der Waals surface area (Å²) in [6, 6.07) is 8.39. The predicted molar refractivity (Wildman–Crippen MR) is 96.3 cm³/mol. The maximum Gasteiger partial charge on any atom is 0.416 e. The zero-order valence-electron chi connectivity index (χ0n) is 14.8. The Balaban J connectivity index is 1.92. The highest BCUT2D eigenvalue weighted by molar-refractivity contribution is 5.81. The number of hydrogen-bond donors (Lipinski definition) is 1. The summed E-state index contributed by atoms with van der Waals surface area (Å²) in [5.74, 6) is -1.66. The van der Waals surface area contributed by atoms with E-state index >= 15 is 0 Å². The molecule has 0 fully saturated rings.